The first-order chi connectivity index (χ1) is 8.86. The van der Waals surface area contributed by atoms with Crippen molar-refractivity contribution in [1.29, 1.82) is 0 Å². The van der Waals surface area contributed by atoms with Crippen LogP contribution in [0.4, 0.5) is 5.82 Å². The number of nitrogens with zero attached hydrogens (tertiary/aromatic N) is 1. The maximum atomic E-state index is 5.64. The van der Waals surface area contributed by atoms with E-state index in [0.29, 0.717) is 6.61 Å². The summed E-state index contributed by atoms with van der Waals surface area (Å²) in [7, 11) is 0. The summed E-state index contributed by atoms with van der Waals surface area (Å²) in [6.45, 7) is 6.67. The monoisotopic (exact) mass is 250 g/mol. The van der Waals surface area contributed by atoms with E-state index in [1.807, 2.05) is 18.2 Å². The molecule has 1 rings (SSSR count). The van der Waals surface area contributed by atoms with Crippen LogP contribution < -0.4 is 5.32 Å². The van der Waals surface area contributed by atoms with Crippen LogP contribution in [0.25, 0.3) is 0 Å². The summed E-state index contributed by atoms with van der Waals surface area (Å²) in [6, 6.07) is 6.01. The van der Waals surface area contributed by atoms with E-state index in [2.05, 4.69) is 24.1 Å². The number of rotatable bonds is 10. The van der Waals surface area contributed by atoms with Gasteiger partial charge in [-0.2, -0.15) is 0 Å². The average Bonchev–Trinajstić information content (AvgIpc) is 2.39. The van der Waals surface area contributed by atoms with E-state index < -0.39 is 0 Å². The number of pyridine rings is 1. The summed E-state index contributed by atoms with van der Waals surface area (Å²) in [5.74, 6) is 0.932. The summed E-state index contributed by atoms with van der Waals surface area (Å²) in [6.07, 6.45) is 6.40. The van der Waals surface area contributed by atoms with Crippen molar-refractivity contribution in [3.05, 3.63) is 23.9 Å². The molecule has 0 spiro atoms. The Labute approximate surface area is 111 Å². The quantitative estimate of drug-likeness (QED) is 0.637. The molecule has 0 amide bonds. The third kappa shape index (κ3) is 6.60. The molecule has 1 N–H and O–H groups in total. The highest BCUT2D eigenvalue weighted by molar-refractivity contribution is 5.34. The Bertz CT molecular complexity index is 315. The second-order valence-electron chi connectivity index (χ2n) is 4.51. The zero-order chi connectivity index (χ0) is 13.1. The van der Waals surface area contributed by atoms with Gasteiger partial charge >= 0.3 is 0 Å². The van der Waals surface area contributed by atoms with E-state index in [1.54, 1.807) is 0 Å². The van der Waals surface area contributed by atoms with Gasteiger partial charge in [0.15, 0.2) is 0 Å². The topological polar surface area (TPSA) is 34.1 Å². The smallest absolute Gasteiger partial charge is 0.126 e. The van der Waals surface area contributed by atoms with Crippen LogP contribution in [0.3, 0.4) is 0 Å². The van der Waals surface area contributed by atoms with E-state index in [1.165, 1.54) is 25.7 Å². The van der Waals surface area contributed by atoms with E-state index >= 15 is 0 Å². The maximum Gasteiger partial charge on any atom is 0.126 e. The van der Waals surface area contributed by atoms with Gasteiger partial charge in [-0.1, -0.05) is 38.7 Å². The van der Waals surface area contributed by atoms with Crippen LogP contribution in [0, 0.1) is 0 Å². The number of nitrogens with one attached hydrogen (secondary N) is 1. The van der Waals surface area contributed by atoms with Crippen molar-refractivity contribution in [2.24, 2.45) is 0 Å². The molecule has 0 aromatic carbocycles. The maximum absolute atomic E-state index is 5.64. The first-order valence-corrected chi connectivity index (χ1v) is 7.14. The molecule has 1 heterocycles. The lowest BCUT2D eigenvalue weighted by molar-refractivity contribution is 0.114. The van der Waals surface area contributed by atoms with Crippen molar-refractivity contribution in [2.75, 3.05) is 18.5 Å². The Morgan fingerprint density at radius 1 is 1.11 bits per heavy atom. The molecule has 0 radical (unpaired) electrons. The molecule has 0 fully saturated rings. The second-order valence-corrected chi connectivity index (χ2v) is 4.51. The van der Waals surface area contributed by atoms with Gasteiger partial charge in [-0.3, -0.25) is 0 Å². The molecule has 0 saturated carbocycles. The van der Waals surface area contributed by atoms with Crippen molar-refractivity contribution < 1.29 is 4.74 Å². The minimum absolute atomic E-state index is 0.618. The molecule has 0 aliphatic rings. The second kappa shape index (κ2) is 9.89. The third-order valence-corrected chi connectivity index (χ3v) is 2.81. The summed E-state index contributed by atoms with van der Waals surface area (Å²) >= 11 is 0. The van der Waals surface area contributed by atoms with Crippen LogP contribution in [-0.2, 0) is 11.3 Å². The Balaban J connectivity index is 2.13. The normalized spacial score (nSPS) is 10.6. The van der Waals surface area contributed by atoms with Crippen molar-refractivity contribution in [2.45, 2.75) is 52.6 Å². The molecular weight excluding hydrogens is 224 g/mol. The highest BCUT2D eigenvalue weighted by atomic mass is 16.5. The molecule has 1 aromatic rings. The first-order valence-electron chi connectivity index (χ1n) is 7.14. The molecule has 102 valence electrons. The molecule has 0 aliphatic heterocycles. The number of anilines is 1. The third-order valence-electron chi connectivity index (χ3n) is 2.81. The van der Waals surface area contributed by atoms with Crippen molar-refractivity contribution in [3.8, 4) is 0 Å². The minimum Gasteiger partial charge on any atom is -0.375 e. The van der Waals surface area contributed by atoms with Crippen LogP contribution >= 0.6 is 0 Å². The summed E-state index contributed by atoms with van der Waals surface area (Å²) in [5, 5.41) is 3.21. The van der Waals surface area contributed by atoms with Crippen molar-refractivity contribution in [1.82, 2.24) is 4.98 Å². The van der Waals surface area contributed by atoms with Crippen molar-refractivity contribution in [3.63, 3.8) is 0 Å². The van der Waals surface area contributed by atoms with E-state index in [-0.39, 0.29) is 0 Å². The van der Waals surface area contributed by atoms with Crippen LogP contribution in [-0.4, -0.2) is 18.1 Å². The van der Waals surface area contributed by atoms with Crippen molar-refractivity contribution >= 4 is 5.82 Å². The number of hydrogen-bond donors (Lipinski definition) is 1. The number of unbranched alkanes of at least 4 members (excludes halogenated alkanes) is 4. The summed E-state index contributed by atoms with van der Waals surface area (Å²) < 4.78 is 5.64. The van der Waals surface area contributed by atoms with Crippen LogP contribution in [0.15, 0.2) is 18.2 Å². The SMILES string of the molecule is CCCCCCCOCc1cccc(NCC)n1. The zero-order valence-corrected chi connectivity index (χ0v) is 11.7. The van der Waals surface area contributed by atoms with Gasteiger partial charge in [0.2, 0.25) is 0 Å². The first kappa shape index (κ1) is 15.0. The lowest BCUT2D eigenvalue weighted by Gasteiger charge is -2.06. The Morgan fingerprint density at radius 3 is 2.72 bits per heavy atom. The lowest BCUT2D eigenvalue weighted by Crippen LogP contribution is -2.02. The number of ether oxygens (including phenoxy) is 1. The molecule has 0 bridgehead atoms. The van der Waals surface area contributed by atoms with Gasteiger partial charge in [0.1, 0.15) is 5.82 Å². The fourth-order valence-electron chi connectivity index (χ4n) is 1.82. The summed E-state index contributed by atoms with van der Waals surface area (Å²) in [5.41, 5.74) is 1.00. The van der Waals surface area contributed by atoms with Gasteiger partial charge in [0, 0.05) is 13.2 Å². The van der Waals surface area contributed by atoms with Gasteiger partial charge in [0.05, 0.1) is 12.3 Å². The standard InChI is InChI=1S/C15H26N2O/c1-3-5-6-7-8-12-18-13-14-10-9-11-15(17-14)16-4-2/h9-11H,3-8,12-13H2,1-2H3,(H,16,17). The fraction of sp³-hybridized carbons (Fsp3) is 0.667. The van der Waals surface area contributed by atoms with Crippen LogP contribution in [0.1, 0.15) is 51.6 Å². The zero-order valence-electron chi connectivity index (χ0n) is 11.7. The van der Waals surface area contributed by atoms with Crippen LogP contribution in [0.5, 0.6) is 0 Å². The number of aromatic nitrogens is 1. The highest BCUT2D eigenvalue weighted by Crippen LogP contribution is 2.07. The lowest BCUT2D eigenvalue weighted by atomic mass is 10.2. The average molecular weight is 250 g/mol. The molecule has 18 heavy (non-hydrogen) atoms. The van der Waals surface area contributed by atoms with Crippen LogP contribution in [0.2, 0.25) is 0 Å². The Morgan fingerprint density at radius 2 is 1.94 bits per heavy atom. The predicted molar refractivity (Wildman–Crippen MR) is 76.8 cm³/mol. The molecule has 1 aromatic heterocycles. The Hall–Kier alpha value is -1.09. The molecule has 3 nitrogen and oxygen atoms in total. The summed E-state index contributed by atoms with van der Waals surface area (Å²) in [4.78, 5) is 4.47. The predicted octanol–water partition coefficient (Wildman–Crippen LogP) is 4.00. The molecular formula is C15H26N2O. The molecule has 3 heteroatoms. The number of hydrogen-bond acceptors (Lipinski definition) is 3. The molecule has 0 atom stereocenters. The largest absolute Gasteiger partial charge is 0.375 e. The molecule has 0 aliphatic carbocycles. The van der Waals surface area contributed by atoms with E-state index in [4.69, 9.17) is 4.74 Å². The molecule has 0 unspecified atom stereocenters. The van der Waals surface area contributed by atoms with Gasteiger partial charge in [-0.15, -0.1) is 0 Å². The van der Waals surface area contributed by atoms with Gasteiger partial charge < -0.3 is 10.1 Å². The minimum atomic E-state index is 0.618. The van der Waals surface area contributed by atoms with Gasteiger partial charge in [-0.05, 0) is 25.5 Å². The van der Waals surface area contributed by atoms with E-state index in [0.717, 1.165) is 31.1 Å². The molecule has 0 saturated heterocycles. The van der Waals surface area contributed by atoms with Gasteiger partial charge in [-0.25, -0.2) is 4.98 Å². The van der Waals surface area contributed by atoms with E-state index in [9.17, 15) is 0 Å². The Kier molecular flexibility index (Phi) is 8.23. The highest BCUT2D eigenvalue weighted by Gasteiger charge is 1.97. The fourth-order valence-corrected chi connectivity index (χ4v) is 1.82. The van der Waals surface area contributed by atoms with Gasteiger partial charge in [0.25, 0.3) is 0 Å².